The summed E-state index contributed by atoms with van der Waals surface area (Å²) in [5.41, 5.74) is 1.29. The molecule has 0 atom stereocenters. The number of likely N-dealkylation sites (N-methyl/N-ethyl adjacent to an activating group) is 1. The summed E-state index contributed by atoms with van der Waals surface area (Å²) in [5.74, 6) is 0.972. The lowest BCUT2D eigenvalue weighted by molar-refractivity contribution is 0.175. The van der Waals surface area contributed by atoms with Crippen molar-refractivity contribution in [1.29, 1.82) is 0 Å². The van der Waals surface area contributed by atoms with E-state index in [2.05, 4.69) is 42.9 Å². The Labute approximate surface area is 146 Å². The van der Waals surface area contributed by atoms with Gasteiger partial charge in [-0.2, -0.15) is 0 Å². The quantitative estimate of drug-likeness (QED) is 0.403. The average molecular weight is 323 g/mol. The largest absolute Gasteiger partial charge is 0.299 e. The van der Waals surface area contributed by atoms with E-state index in [1.807, 2.05) is 47.0 Å². The van der Waals surface area contributed by atoms with Crippen LogP contribution in [0.3, 0.4) is 0 Å². The zero-order chi connectivity index (χ0) is 18.1. The van der Waals surface area contributed by atoms with Crippen molar-refractivity contribution in [3.05, 3.63) is 23.9 Å². The van der Waals surface area contributed by atoms with E-state index in [0.29, 0.717) is 0 Å². The van der Waals surface area contributed by atoms with Crippen molar-refractivity contribution in [1.82, 2.24) is 4.90 Å². The molecule has 0 bridgehead atoms. The van der Waals surface area contributed by atoms with E-state index >= 15 is 0 Å². The smallest absolute Gasteiger partial charge is 0.0308 e. The molecule has 1 aliphatic carbocycles. The van der Waals surface area contributed by atoms with Crippen LogP contribution < -0.4 is 0 Å². The Bertz CT molecular complexity index is 321. The average Bonchev–Trinajstić information content (AvgIpc) is 2.63. The Kier molecular flexibility index (Phi) is 18.5. The van der Waals surface area contributed by atoms with Gasteiger partial charge in [-0.3, -0.25) is 9.89 Å². The lowest BCUT2D eigenvalue weighted by Crippen LogP contribution is -2.36. The molecular formula is C21H42N2. The van der Waals surface area contributed by atoms with Crippen LogP contribution in [0.5, 0.6) is 0 Å². The second-order valence-corrected chi connectivity index (χ2v) is 5.61. The minimum absolute atomic E-state index is 0.752. The first-order valence-electron chi connectivity index (χ1n) is 9.71. The van der Waals surface area contributed by atoms with Crippen LogP contribution in [0.2, 0.25) is 0 Å². The van der Waals surface area contributed by atoms with Crippen LogP contribution in [0.4, 0.5) is 0 Å². The highest BCUT2D eigenvalue weighted by molar-refractivity contribution is 5.54. The normalized spacial score (nSPS) is 21.9. The summed E-state index contributed by atoms with van der Waals surface area (Å²) in [6.45, 7) is 15.4. The lowest BCUT2D eigenvalue weighted by atomic mass is 9.84. The lowest BCUT2D eigenvalue weighted by Gasteiger charge is -2.34. The van der Waals surface area contributed by atoms with Gasteiger partial charge < -0.3 is 0 Å². The third-order valence-corrected chi connectivity index (χ3v) is 4.22. The summed E-state index contributed by atoms with van der Waals surface area (Å²) in [6, 6.07) is 0.752. The van der Waals surface area contributed by atoms with E-state index < -0.39 is 0 Å². The zero-order valence-electron chi connectivity index (χ0n) is 17.1. The van der Waals surface area contributed by atoms with Crippen LogP contribution in [0, 0.1) is 5.92 Å². The molecule has 136 valence electrons. The monoisotopic (exact) mass is 322 g/mol. The standard InChI is InChI=1S/C17H30N2.2C2H6/c1-5-8-16(13-18-7-3)14-19(4)17-11-9-15(6-2)10-12-17;2*1-2/h5,7-8,13,15,17H,6,9-12,14H2,1-4H3;2*1-2H3/b8-5-,16-13+,18-7?;;. The molecule has 1 saturated carbocycles. The first kappa shape index (κ1) is 24.4. The first-order chi connectivity index (χ1) is 11.2. The van der Waals surface area contributed by atoms with Gasteiger partial charge in [-0.25, -0.2) is 0 Å². The van der Waals surface area contributed by atoms with E-state index in [1.165, 1.54) is 37.7 Å². The molecule has 0 heterocycles. The molecule has 0 unspecified atom stereocenters. The molecule has 0 saturated heterocycles. The Morgan fingerprint density at radius 2 is 1.61 bits per heavy atom. The third kappa shape index (κ3) is 11.3. The van der Waals surface area contributed by atoms with Gasteiger partial charge in [0, 0.05) is 25.0 Å². The number of allylic oxidation sites excluding steroid dienone is 1. The predicted octanol–water partition coefficient (Wildman–Crippen LogP) is 6.49. The molecule has 0 N–H and O–H groups in total. The van der Waals surface area contributed by atoms with Crippen LogP contribution in [-0.4, -0.2) is 30.7 Å². The van der Waals surface area contributed by atoms with Crippen LogP contribution in [0.1, 0.15) is 80.6 Å². The predicted molar refractivity (Wildman–Crippen MR) is 108 cm³/mol. The summed E-state index contributed by atoms with van der Waals surface area (Å²) in [7, 11) is 2.25. The SMILES string of the molecule is CC.CC.CC=N/C=C(\C=C/C)CN(C)C1CCC(CC)CC1. The van der Waals surface area contributed by atoms with E-state index in [9.17, 15) is 0 Å². The van der Waals surface area contributed by atoms with Crippen molar-refractivity contribution in [2.45, 2.75) is 86.6 Å². The molecule has 0 aromatic rings. The minimum Gasteiger partial charge on any atom is -0.299 e. The van der Waals surface area contributed by atoms with Crippen molar-refractivity contribution < 1.29 is 0 Å². The molecule has 0 aromatic carbocycles. The summed E-state index contributed by atoms with van der Waals surface area (Å²) in [6.07, 6.45) is 15.0. The summed E-state index contributed by atoms with van der Waals surface area (Å²) < 4.78 is 0. The molecule has 1 aliphatic rings. The molecule has 23 heavy (non-hydrogen) atoms. The highest BCUT2D eigenvalue weighted by Crippen LogP contribution is 2.29. The fourth-order valence-electron chi connectivity index (χ4n) is 2.93. The first-order valence-corrected chi connectivity index (χ1v) is 9.71. The topological polar surface area (TPSA) is 15.6 Å². The highest BCUT2D eigenvalue weighted by Gasteiger charge is 2.22. The fraction of sp³-hybridized carbons (Fsp3) is 0.762. The molecule has 0 amide bonds. The second-order valence-electron chi connectivity index (χ2n) is 5.61. The number of rotatable bonds is 6. The van der Waals surface area contributed by atoms with Crippen molar-refractivity contribution in [2.24, 2.45) is 10.9 Å². The maximum atomic E-state index is 4.25. The van der Waals surface area contributed by atoms with E-state index in [1.54, 1.807) is 0 Å². The maximum Gasteiger partial charge on any atom is 0.0308 e. The minimum atomic E-state index is 0.752. The van der Waals surface area contributed by atoms with Gasteiger partial charge >= 0.3 is 0 Å². The second kappa shape index (κ2) is 17.5. The van der Waals surface area contributed by atoms with Crippen LogP contribution >= 0.6 is 0 Å². The number of hydrogen-bond acceptors (Lipinski definition) is 2. The number of nitrogens with zero attached hydrogens (tertiary/aromatic N) is 2. The molecule has 2 heteroatoms. The van der Waals surface area contributed by atoms with Crippen molar-refractivity contribution in [2.75, 3.05) is 13.6 Å². The zero-order valence-corrected chi connectivity index (χ0v) is 17.1. The van der Waals surface area contributed by atoms with Crippen LogP contribution in [0.25, 0.3) is 0 Å². The Hall–Kier alpha value is -0.890. The summed E-state index contributed by atoms with van der Waals surface area (Å²) in [4.78, 5) is 6.75. The van der Waals surface area contributed by atoms with E-state index in [0.717, 1.165) is 18.5 Å². The molecule has 1 fully saturated rings. The Balaban J connectivity index is 0. The van der Waals surface area contributed by atoms with Crippen LogP contribution in [-0.2, 0) is 0 Å². The van der Waals surface area contributed by atoms with Gasteiger partial charge in [0.25, 0.3) is 0 Å². The van der Waals surface area contributed by atoms with Gasteiger partial charge in [0.05, 0.1) is 0 Å². The maximum absolute atomic E-state index is 4.25. The third-order valence-electron chi connectivity index (χ3n) is 4.22. The Morgan fingerprint density at radius 1 is 1.04 bits per heavy atom. The van der Waals surface area contributed by atoms with Gasteiger partial charge in [-0.05, 0) is 58.1 Å². The van der Waals surface area contributed by atoms with Gasteiger partial charge in [0.15, 0.2) is 0 Å². The summed E-state index contributed by atoms with van der Waals surface area (Å²) >= 11 is 0. The molecule has 0 aliphatic heterocycles. The van der Waals surface area contributed by atoms with Crippen LogP contribution in [0.15, 0.2) is 28.9 Å². The van der Waals surface area contributed by atoms with Gasteiger partial charge in [0.1, 0.15) is 0 Å². The molecule has 0 radical (unpaired) electrons. The number of aliphatic imine (C=N–C) groups is 1. The fourth-order valence-corrected chi connectivity index (χ4v) is 2.93. The van der Waals surface area contributed by atoms with E-state index in [4.69, 9.17) is 0 Å². The molecule has 2 nitrogen and oxygen atoms in total. The van der Waals surface area contributed by atoms with Crippen molar-refractivity contribution in [3.8, 4) is 0 Å². The molecule has 0 aromatic heterocycles. The van der Waals surface area contributed by atoms with Gasteiger partial charge in [0.2, 0.25) is 0 Å². The van der Waals surface area contributed by atoms with E-state index in [-0.39, 0.29) is 0 Å². The van der Waals surface area contributed by atoms with Crippen molar-refractivity contribution >= 4 is 6.21 Å². The summed E-state index contributed by atoms with van der Waals surface area (Å²) in [5, 5.41) is 0. The van der Waals surface area contributed by atoms with Gasteiger partial charge in [-0.1, -0.05) is 53.2 Å². The molecule has 1 rings (SSSR count). The van der Waals surface area contributed by atoms with Gasteiger partial charge in [-0.15, -0.1) is 0 Å². The number of hydrogen-bond donors (Lipinski definition) is 0. The molecular weight excluding hydrogens is 280 g/mol. The molecule has 0 spiro atoms. The Morgan fingerprint density at radius 3 is 2.04 bits per heavy atom. The van der Waals surface area contributed by atoms with Crippen molar-refractivity contribution in [3.63, 3.8) is 0 Å². The highest BCUT2D eigenvalue weighted by atomic mass is 15.1.